The molecule has 0 atom stereocenters. The number of benzene rings is 1. The monoisotopic (exact) mass is 302 g/mol. The van der Waals surface area contributed by atoms with Gasteiger partial charge >= 0.3 is 16.0 Å². The summed E-state index contributed by atoms with van der Waals surface area (Å²) in [6, 6.07) is 4.40. The maximum Gasteiger partial charge on any atom is 0.330 e. The maximum atomic E-state index is 12.2. The van der Waals surface area contributed by atoms with Crippen molar-refractivity contribution in [3.05, 3.63) is 34.4 Å². The summed E-state index contributed by atoms with van der Waals surface area (Å²) < 4.78 is 24.1. The van der Waals surface area contributed by atoms with Gasteiger partial charge in [0.25, 0.3) is 11.6 Å². The van der Waals surface area contributed by atoms with Crippen molar-refractivity contribution in [3.63, 3.8) is 0 Å². The van der Waals surface area contributed by atoms with E-state index in [-0.39, 0.29) is 4.47 Å². The summed E-state index contributed by atoms with van der Waals surface area (Å²) in [6.45, 7) is 1.74. The average molecular weight is 302 g/mol. The predicted octanol–water partition coefficient (Wildman–Crippen LogP) is 0.610. The number of para-hydroxylation sites is 1. The summed E-state index contributed by atoms with van der Waals surface area (Å²) in [5.74, 6) is -2.17. The van der Waals surface area contributed by atoms with Gasteiger partial charge in [0.05, 0.1) is 4.92 Å². The summed E-state index contributed by atoms with van der Waals surface area (Å²) in [5.41, 5.74) is -0.731. The highest BCUT2D eigenvalue weighted by molar-refractivity contribution is 7.89. The molecule has 1 aromatic carbocycles. The maximum absolute atomic E-state index is 12.2. The number of carbonyl (C=O) groups excluding carboxylic acids is 2. The molecule has 0 N–H and O–H groups in total. The van der Waals surface area contributed by atoms with Crippen LogP contribution >= 0.6 is 0 Å². The normalized spacial score (nSPS) is 10.7. The minimum Gasteiger partial charge on any atom is -0.323 e. The van der Waals surface area contributed by atoms with Crippen molar-refractivity contribution in [1.29, 1.82) is 0 Å². The highest BCUT2D eigenvalue weighted by Gasteiger charge is 2.35. The molecular weight excluding hydrogens is 292 g/mol. The Bertz CT molecular complexity index is 668. The number of hydrogen-bond donors (Lipinski definition) is 0. The van der Waals surface area contributed by atoms with Gasteiger partial charge in [-0.3, -0.25) is 14.9 Å². The van der Waals surface area contributed by atoms with Gasteiger partial charge in [-0.05, 0) is 6.07 Å². The number of nitrogens with zero attached hydrogens (tertiary/aromatic N) is 2. The zero-order valence-electron chi connectivity index (χ0n) is 10.5. The van der Waals surface area contributed by atoms with Crippen LogP contribution in [0, 0.1) is 10.1 Å². The van der Waals surface area contributed by atoms with Gasteiger partial charge in [-0.25, -0.2) is 4.79 Å². The summed E-state index contributed by atoms with van der Waals surface area (Å²) >= 11 is 0. The second-order valence-electron chi connectivity index (χ2n) is 3.56. The van der Waals surface area contributed by atoms with E-state index >= 15 is 0 Å². The Labute approximate surface area is 113 Å². The summed E-state index contributed by atoms with van der Waals surface area (Å²) in [5, 5.41) is 10.8. The number of carbonyl (C=O) groups is 2. The molecule has 1 aromatic rings. The van der Waals surface area contributed by atoms with Gasteiger partial charge < -0.3 is 4.84 Å². The minimum atomic E-state index is -4.67. The van der Waals surface area contributed by atoms with Gasteiger partial charge in [0.1, 0.15) is 0 Å². The van der Waals surface area contributed by atoms with Crippen LogP contribution in [0.4, 0.5) is 5.69 Å². The number of hydrogen-bond acceptors (Lipinski definition) is 7. The smallest absolute Gasteiger partial charge is 0.323 e. The molecule has 0 bridgehead atoms. The Morgan fingerprint density at radius 2 is 1.80 bits per heavy atom. The van der Waals surface area contributed by atoms with Crippen LogP contribution in [0.3, 0.4) is 0 Å². The van der Waals surface area contributed by atoms with E-state index in [1.807, 2.05) is 0 Å². The fraction of sp³-hybridized carbons (Fsp3) is 0.200. The number of nitro groups is 1. The van der Waals surface area contributed by atoms with Crippen LogP contribution in [0.1, 0.15) is 13.8 Å². The summed E-state index contributed by atoms with van der Waals surface area (Å²) in [6.07, 6.45) is 0. The van der Waals surface area contributed by atoms with Crippen molar-refractivity contribution in [2.75, 3.05) is 0 Å². The SMILES string of the molecule is CC(=O)ON(C(C)=O)S(=O)(=O)c1ccccc1[N+](=O)[O-]. The van der Waals surface area contributed by atoms with E-state index in [1.165, 1.54) is 12.1 Å². The Morgan fingerprint density at radius 1 is 1.25 bits per heavy atom. The highest BCUT2D eigenvalue weighted by Crippen LogP contribution is 2.26. The van der Waals surface area contributed by atoms with Gasteiger partial charge in [-0.2, -0.15) is 8.42 Å². The molecule has 20 heavy (non-hydrogen) atoms. The molecule has 0 unspecified atom stereocenters. The summed E-state index contributed by atoms with van der Waals surface area (Å²) in [4.78, 5) is 35.6. The number of rotatable bonds is 3. The van der Waals surface area contributed by atoms with Crippen LogP contribution in [0.15, 0.2) is 29.2 Å². The predicted molar refractivity (Wildman–Crippen MR) is 64.6 cm³/mol. The standard InChI is InChI=1S/C10H10N2O7S/c1-7(13)12(19-8(2)14)20(17,18)10-6-4-3-5-9(10)11(15)16/h3-6H,1-2H3. The third-order valence-corrected chi connectivity index (χ3v) is 3.70. The van der Waals surface area contributed by atoms with Crippen molar-refractivity contribution in [2.24, 2.45) is 0 Å². The van der Waals surface area contributed by atoms with Crippen molar-refractivity contribution in [3.8, 4) is 0 Å². The first-order chi connectivity index (χ1) is 9.17. The molecule has 9 nitrogen and oxygen atoms in total. The molecule has 0 radical (unpaired) electrons. The first-order valence-electron chi connectivity index (χ1n) is 5.15. The van der Waals surface area contributed by atoms with E-state index < -0.39 is 37.4 Å². The van der Waals surface area contributed by atoms with Gasteiger partial charge in [0.15, 0.2) is 4.90 Å². The topological polar surface area (TPSA) is 124 Å². The Morgan fingerprint density at radius 3 is 2.25 bits per heavy atom. The molecule has 10 heteroatoms. The lowest BCUT2D eigenvalue weighted by Gasteiger charge is -2.18. The first-order valence-corrected chi connectivity index (χ1v) is 6.59. The average Bonchev–Trinajstić information content (AvgIpc) is 2.35. The molecule has 0 aliphatic heterocycles. The minimum absolute atomic E-state index is 0.183. The van der Waals surface area contributed by atoms with E-state index in [9.17, 15) is 28.1 Å². The molecule has 1 amide bonds. The zero-order chi connectivity index (χ0) is 15.5. The quantitative estimate of drug-likeness (QED) is 0.591. The van der Waals surface area contributed by atoms with Gasteiger partial charge in [-0.15, -0.1) is 0 Å². The van der Waals surface area contributed by atoms with Crippen molar-refractivity contribution in [2.45, 2.75) is 18.7 Å². The van der Waals surface area contributed by atoms with Crippen LogP contribution in [0.25, 0.3) is 0 Å². The lowest BCUT2D eigenvalue weighted by molar-refractivity contribution is -0.387. The lowest BCUT2D eigenvalue weighted by atomic mass is 10.3. The van der Waals surface area contributed by atoms with Crippen LogP contribution < -0.4 is 0 Å². The number of amides is 1. The molecule has 0 aliphatic carbocycles. The van der Waals surface area contributed by atoms with Crippen molar-refractivity contribution in [1.82, 2.24) is 4.47 Å². The van der Waals surface area contributed by atoms with Crippen LogP contribution in [0.2, 0.25) is 0 Å². The fourth-order valence-corrected chi connectivity index (χ4v) is 2.69. The van der Waals surface area contributed by atoms with Crippen LogP contribution in [0.5, 0.6) is 0 Å². The van der Waals surface area contributed by atoms with Crippen LogP contribution in [-0.2, 0) is 24.4 Å². The van der Waals surface area contributed by atoms with Crippen molar-refractivity contribution >= 4 is 27.6 Å². The van der Waals surface area contributed by atoms with E-state index in [1.54, 1.807) is 0 Å². The van der Waals surface area contributed by atoms with Crippen molar-refractivity contribution < 1.29 is 27.8 Å². The molecule has 0 saturated carbocycles. The van der Waals surface area contributed by atoms with E-state index in [4.69, 9.17) is 0 Å². The summed E-state index contributed by atoms with van der Waals surface area (Å²) in [7, 11) is -4.67. The molecule has 0 heterocycles. The largest absolute Gasteiger partial charge is 0.330 e. The number of nitro benzene ring substituents is 1. The molecule has 1 rings (SSSR count). The second kappa shape index (κ2) is 5.65. The Kier molecular flexibility index (Phi) is 4.40. The molecule has 0 saturated heterocycles. The molecule has 0 aliphatic rings. The van der Waals surface area contributed by atoms with E-state index in [0.29, 0.717) is 0 Å². The van der Waals surface area contributed by atoms with Gasteiger partial charge in [-0.1, -0.05) is 16.6 Å². The van der Waals surface area contributed by atoms with Gasteiger partial charge in [0, 0.05) is 19.9 Å². The van der Waals surface area contributed by atoms with E-state index in [2.05, 4.69) is 4.84 Å². The molecule has 0 aromatic heterocycles. The molecule has 0 spiro atoms. The zero-order valence-corrected chi connectivity index (χ0v) is 11.3. The van der Waals surface area contributed by atoms with E-state index in [0.717, 1.165) is 26.0 Å². The number of hydroxylamine groups is 1. The molecule has 108 valence electrons. The fourth-order valence-electron chi connectivity index (χ4n) is 1.31. The van der Waals surface area contributed by atoms with Crippen LogP contribution in [-0.4, -0.2) is 29.7 Å². The third-order valence-electron chi connectivity index (χ3n) is 2.03. The Balaban J connectivity index is 3.45. The third kappa shape index (κ3) is 3.09. The lowest BCUT2D eigenvalue weighted by Crippen LogP contribution is -2.37. The first kappa shape index (κ1) is 15.6. The molecule has 0 fully saturated rings. The highest BCUT2D eigenvalue weighted by atomic mass is 32.2. The van der Waals surface area contributed by atoms with Gasteiger partial charge in [0.2, 0.25) is 0 Å². The Hall–Kier alpha value is -2.49. The molecular formula is C10H10N2O7S. The number of sulfonamides is 1. The second-order valence-corrected chi connectivity index (χ2v) is 5.28.